The quantitative estimate of drug-likeness (QED) is 0.198. The molecular weight excluding hydrogens is 538 g/mol. The number of rotatable bonds is 13. The summed E-state index contributed by atoms with van der Waals surface area (Å²) in [5.41, 5.74) is 7.97. The van der Waals surface area contributed by atoms with Crippen molar-refractivity contribution < 1.29 is 23.9 Å². The van der Waals surface area contributed by atoms with Gasteiger partial charge in [0.05, 0.1) is 24.2 Å². The third kappa shape index (κ3) is 6.99. The zero-order valence-electron chi connectivity index (χ0n) is 22.6. The van der Waals surface area contributed by atoms with E-state index < -0.39 is 5.25 Å². The summed E-state index contributed by atoms with van der Waals surface area (Å²) in [7, 11) is 1.55. The van der Waals surface area contributed by atoms with Crippen LogP contribution in [0.3, 0.4) is 0 Å². The molecule has 0 aliphatic carbocycles. The van der Waals surface area contributed by atoms with Gasteiger partial charge in [-0.15, -0.1) is 11.8 Å². The molecule has 0 saturated carbocycles. The van der Waals surface area contributed by atoms with Crippen molar-refractivity contribution >= 4 is 46.5 Å². The number of likely N-dealkylation sites (tertiary alicyclic amines) is 1. The molecule has 4 N–H and O–H groups in total. The summed E-state index contributed by atoms with van der Waals surface area (Å²) in [5.74, 6) is -0.231. The van der Waals surface area contributed by atoms with Gasteiger partial charge in [0.2, 0.25) is 17.7 Å². The minimum atomic E-state index is -0.516. The second kappa shape index (κ2) is 13.0. The number of thioether (sulfide) groups is 1. The summed E-state index contributed by atoms with van der Waals surface area (Å²) < 4.78 is 11.9. The number of nitrogen functional groups attached to an aromatic ring is 1. The van der Waals surface area contributed by atoms with Crippen LogP contribution in [0.4, 0.5) is 5.82 Å². The van der Waals surface area contributed by atoms with E-state index in [2.05, 4.69) is 20.3 Å². The summed E-state index contributed by atoms with van der Waals surface area (Å²) in [6.45, 7) is 5.43. The van der Waals surface area contributed by atoms with Crippen molar-refractivity contribution in [1.29, 1.82) is 0 Å². The number of ether oxygens (including phenoxy) is 2. The number of amides is 3. The van der Waals surface area contributed by atoms with Crippen molar-refractivity contribution in [1.82, 2.24) is 29.7 Å². The number of hydrogen-bond acceptors (Lipinski definition) is 10. The molecule has 1 unspecified atom stereocenters. The Balaban J connectivity index is 1.31. The van der Waals surface area contributed by atoms with E-state index in [1.165, 1.54) is 21.2 Å². The van der Waals surface area contributed by atoms with E-state index in [1.54, 1.807) is 7.11 Å². The molecular formula is C26H33N7O6S. The number of nitrogens with one attached hydrogen (secondary N) is 2. The van der Waals surface area contributed by atoms with Crippen molar-refractivity contribution in [2.45, 2.75) is 38.6 Å². The SMILES string of the molecule is COCCOc1nc(N)c2[nH]c(=O)n(Cc3ccc(CNC(=O)CSC4CC(=O)N(CC(C)C)C4=O)cc3)c2n1. The molecule has 2 aromatic heterocycles. The third-order valence-corrected chi connectivity index (χ3v) is 7.37. The van der Waals surface area contributed by atoms with E-state index in [4.69, 9.17) is 15.2 Å². The molecule has 3 amide bonds. The van der Waals surface area contributed by atoms with Crippen LogP contribution in [-0.4, -0.2) is 80.0 Å². The van der Waals surface area contributed by atoms with Crippen LogP contribution in [-0.2, 0) is 32.2 Å². The van der Waals surface area contributed by atoms with Gasteiger partial charge in [-0.2, -0.15) is 9.97 Å². The molecule has 1 saturated heterocycles. The number of hydrogen-bond donors (Lipinski definition) is 3. The molecule has 3 heterocycles. The van der Waals surface area contributed by atoms with Crippen LogP contribution in [0.1, 0.15) is 31.4 Å². The maximum atomic E-state index is 12.6. The molecule has 0 radical (unpaired) electrons. The molecule has 1 aliphatic rings. The largest absolute Gasteiger partial charge is 0.461 e. The van der Waals surface area contributed by atoms with Crippen LogP contribution in [0, 0.1) is 5.92 Å². The first kappa shape index (κ1) is 29.1. The Kier molecular flexibility index (Phi) is 9.42. The summed E-state index contributed by atoms with van der Waals surface area (Å²) in [6.07, 6.45) is 0.130. The molecule has 1 fully saturated rings. The van der Waals surface area contributed by atoms with Crippen LogP contribution < -0.4 is 21.5 Å². The molecule has 40 heavy (non-hydrogen) atoms. The Morgan fingerprint density at radius 3 is 2.60 bits per heavy atom. The highest BCUT2D eigenvalue weighted by molar-refractivity contribution is 8.01. The van der Waals surface area contributed by atoms with E-state index in [0.717, 1.165) is 11.1 Å². The fraction of sp³-hybridized carbons (Fsp3) is 0.462. The Labute approximate surface area is 234 Å². The number of imidazole rings is 1. The van der Waals surface area contributed by atoms with Crippen LogP contribution in [0.5, 0.6) is 6.01 Å². The van der Waals surface area contributed by atoms with E-state index in [9.17, 15) is 19.2 Å². The number of benzene rings is 1. The fourth-order valence-corrected chi connectivity index (χ4v) is 5.16. The molecule has 14 heteroatoms. The van der Waals surface area contributed by atoms with Gasteiger partial charge in [-0.25, -0.2) is 4.79 Å². The number of carbonyl (C=O) groups excluding carboxylic acids is 3. The maximum Gasteiger partial charge on any atom is 0.328 e. The van der Waals surface area contributed by atoms with E-state index >= 15 is 0 Å². The third-order valence-electron chi connectivity index (χ3n) is 6.17. The Hall–Kier alpha value is -3.91. The van der Waals surface area contributed by atoms with Gasteiger partial charge < -0.3 is 25.5 Å². The summed E-state index contributed by atoms with van der Waals surface area (Å²) in [4.78, 5) is 62.0. The van der Waals surface area contributed by atoms with Gasteiger partial charge in [0.15, 0.2) is 11.5 Å². The van der Waals surface area contributed by atoms with Crippen molar-refractivity contribution in [3.05, 3.63) is 45.9 Å². The average molecular weight is 572 g/mol. The Morgan fingerprint density at radius 2 is 1.90 bits per heavy atom. The van der Waals surface area contributed by atoms with Gasteiger partial charge in [0.1, 0.15) is 12.1 Å². The van der Waals surface area contributed by atoms with Crippen molar-refractivity contribution in [2.75, 3.05) is 38.4 Å². The zero-order valence-corrected chi connectivity index (χ0v) is 23.5. The number of aromatic nitrogens is 4. The molecule has 1 aliphatic heterocycles. The van der Waals surface area contributed by atoms with Crippen LogP contribution in [0.2, 0.25) is 0 Å². The van der Waals surface area contributed by atoms with Crippen molar-refractivity contribution in [3.63, 3.8) is 0 Å². The topological polar surface area (TPSA) is 175 Å². The molecule has 214 valence electrons. The number of nitrogens with zero attached hydrogens (tertiary/aromatic N) is 4. The number of aromatic amines is 1. The predicted molar refractivity (Wildman–Crippen MR) is 150 cm³/mol. The normalized spacial score (nSPS) is 15.4. The van der Waals surface area contributed by atoms with Gasteiger partial charge in [-0.1, -0.05) is 38.1 Å². The first-order valence-electron chi connectivity index (χ1n) is 12.8. The van der Waals surface area contributed by atoms with Crippen LogP contribution in [0.25, 0.3) is 11.2 Å². The number of carbonyl (C=O) groups is 3. The average Bonchev–Trinajstić information content (AvgIpc) is 3.37. The van der Waals surface area contributed by atoms with Gasteiger partial charge in [0.25, 0.3) is 0 Å². The molecule has 4 rings (SSSR count). The lowest BCUT2D eigenvalue weighted by Gasteiger charge is -2.16. The number of nitrogens with two attached hydrogens (primary N) is 1. The molecule has 0 spiro atoms. The molecule has 1 atom stereocenters. The summed E-state index contributed by atoms with van der Waals surface area (Å²) >= 11 is 1.19. The first-order valence-corrected chi connectivity index (χ1v) is 13.9. The second-order valence-electron chi connectivity index (χ2n) is 9.78. The summed E-state index contributed by atoms with van der Waals surface area (Å²) in [5, 5.41) is 2.32. The molecule has 0 bridgehead atoms. The van der Waals surface area contributed by atoms with Crippen molar-refractivity contribution in [3.8, 4) is 6.01 Å². The number of H-pyrrole nitrogens is 1. The standard InChI is InChI=1S/C26H33N7O6S/c1-15(2)12-32-20(35)10-18(24(32)36)40-14-19(34)28-11-16-4-6-17(7-5-16)13-33-23-21(29-26(33)37)22(27)30-25(31-23)39-9-8-38-3/h4-7,15,18H,8-14H2,1-3H3,(H,28,34)(H,29,37)(H2,27,30,31). The molecule has 13 nitrogen and oxygen atoms in total. The highest BCUT2D eigenvalue weighted by Gasteiger charge is 2.39. The van der Waals surface area contributed by atoms with E-state index in [0.29, 0.717) is 30.9 Å². The predicted octanol–water partition coefficient (Wildman–Crippen LogP) is 0.908. The lowest BCUT2D eigenvalue weighted by Crippen LogP contribution is -2.34. The monoisotopic (exact) mass is 571 g/mol. The summed E-state index contributed by atoms with van der Waals surface area (Å²) in [6, 6.07) is 7.47. The van der Waals surface area contributed by atoms with E-state index in [1.807, 2.05) is 38.1 Å². The highest BCUT2D eigenvalue weighted by atomic mass is 32.2. The van der Waals surface area contributed by atoms with Crippen molar-refractivity contribution in [2.24, 2.45) is 5.92 Å². The molecule has 1 aromatic carbocycles. The number of imide groups is 1. The lowest BCUT2D eigenvalue weighted by atomic mass is 10.1. The molecule has 3 aromatic rings. The minimum Gasteiger partial charge on any atom is -0.461 e. The fourth-order valence-electron chi connectivity index (χ4n) is 4.17. The number of methoxy groups -OCH3 is 1. The van der Waals surface area contributed by atoms with Gasteiger partial charge in [0, 0.05) is 26.6 Å². The van der Waals surface area contributed by atoms with Crippen LogP contribution in [0.15, 0.2) is 29.1 Å². The Bertz CT molecular complexity index is 1440. The Morgan fingerprint density at radius 1 is 1.18 bits per heavy atom. The minimum absolute atomic E-state index is 0.0517. The number of fused-ring (bicyclic) bond motifs is 1. The number of anilines is 1. The van der Waals surface area contributed by atoms with Gasteiger partial charge in [-0.3, -0.25) is 23.9 Å². The van der Waals surface area contributed by atoms with Gasteiger partial charge in [-0.05, 0) is 17.0 Å². The second-order valence-corrected chi connectivity index (χ2v) is 11.0. The van der Waals surface area contributed by atoms with Crippen LogP contribution >= 0.6 is 11.8 Å². The maximum absolute atomic E-state index is 12.6. The lowest BCUT2D eigenvalue weighted by molar-refractivity contribution is -0.138. The van der Waals surface area contributed by atoms with Gasteiger partial charge >= 0.3 is 11.7 Å². The highest BCUT2D eigenvalue weighted by Crippen LogP contribution is 2.26. The van der Waals surface area contributed by atoms with E-state index in [-0.39, 0.29) is 66.5 Å². The zero-order chi connectivity index (χ0) is 28.8. The first-order chi connectivity index (χ1) is 19.2. The smallest absolute Gasteiger partial charge is 0.328 e.